The van der Waals surface area contributed by atoms with E-state index >= 15 is 0 Å². The predicted octanol–water partition coefficient (Wildman–Crippen LogP) is 5.23. The summed E-state index contributed by atoms with van der Waals surface area (Å²) < 4.78 is 5.84. The number of nitrogens with zero attached hydrogens (tertiary/aromatic N) is 2. The maximum Gasteiger partial charge on any atom is 0.264 e. The molecule has 0 saturated carbocycles. The van der Waals surface area contributed by atoms with Gasteiger partial charge in [-0.1, -0.05) is 29.8 Å². The number of halogens is 1. The Hall–Kier alpha value is -2.50. The highest BCUT2D eigenvalue weighted by Crippen LogP contribution is 2.42. The Labute approximate surface area is 179 Å². The molecule has 1 saturated heterocycles. The number of carbonyl (C=O) groups excluding carboxylic acids is 1. The van der Waals surface area contributed by atoms with Crippen LogP contribution in [0.2, 0.25) is 5.02 Å². The predicted molar refractivity (Wildman–Crippen MR) is 118 cm³/mol. The van der Waals surface area contributed by atoms with Gasteiger partial charge in [-0.25, -0.2) is 0 Å². The van der Waals surface area contributed by atoms with Crippen molar-refractivity contribution in [3.63, 3.8) is 0 Å². The zero-order valence-corrected chi connectivity index (χ0v) is 17.7. The largest absolute Gasteiger partial charge is 0.488 e. The molecule has 0 N–H and O–H groups in total. The topological polar surface area (TPSA) is 32.8 Å². The van der Waals surface area contributed by atoms with Gasteiger partial charge >= 0.3 is 0 Å². The average Bonchev–Trinajstić information content (AvgIpc) is 3.20. The number of benzene rings is 2. The summed E-state index contributed by atoms with van der Waals surface area (Å²) in [5.41, 5.74) is 4.55. The highest BCUT2D eigenvalue weighted by atomic mass is 35.5. The first-order chi connectivity index (χ1) is 14.1. The minimum absolute atomic E-state index is 0.115. The molecule has 0 bridgehead atoms. The number of carbonyl (C=O) groups is 1. The van der Waals surface area contributed by atoms with Crippen LogP contribution in [0.25, 0.3) is 10.4 Å². The molecule has 3 aromatic rings. The van der Waals surface area contributed by atoms with E-state index in [4.69, 9.17) is 16.3 Å². The lowest BCUT2D eigenvalue weighted by molar-refractivity contribution is 0.0751. The summed E-state index contributed by atoms with van der Waals surface area (Å²) >= 11 is 7.76. The number of hydrogen-bond acceptors (Lipinski definition) is 4. The summed E-state index contributed by atoms with van der Waals surface area (Å²) in [5, 5.41) is 0.746. The highest BCUT2D eigenvalue weighted by Gasteiger charge is 2.27. The minimum atomic E-state index is 0.115. The molecule has 3 heterocycles. The standard InChI is InChI=1S/C23H21ClN2O2S/c1-15-6-7-17(24)13-19(15)25-8-10-26(11-9-25)23(27)21-12-16-14-28-20-5-3-2-4-18(20)22(16)29-21/h2-7,12-13H,8-11,14H2,1H3. The summed E-state index contributed by atoms with van der Waals surface area (Å²) in [7, 11) is 0. The molecule has 0 radical (unpaired) electrons. The number of hydrogen-bond donors (Lipinski definition) is 0. The molecule has 4 nitrogen and oxygen atoms in total. The van der Waals surface area contributed by atoms with Gasteiger partial charge in [0, 0.05) is 52.9 Å². The van der Waals surface area contributed by atoms with Gasteiger partial charge in [0.05, 0.1) is 4.88 Å². The van der Waals surface area contributed by atoms with Crippen molar-refractivity contribution < 1.29 is 9.53 Å². The Morgan fingerprint density at radius 1 is 1.07 bits per heavy atom. The molecule has 1 aromatic heterocycles. The molecule has 2 aliphatic rings. The van der Waals surface area contributed by atoms with Crippen LogP contribution in [0.3, 0.4) is 0 Å². The van der Waals surface area contributed by atoms with Crippen molar-refractivity contribution in [3.05, 3.63) is 69.6 Å². The molecule has 2 aromatic carbocycles. The SMILES string of the molecule is Cc1ccc(Cl)cc1N1CCN(C(=O)c2cc3c(s2)-c2ccccc2OC3)CC1. The van der Waals surface area contributed by atoms with Crippen LogP contribution < -0.4 is 9.64 Å². The molecular weight excluding hydrogens is 404 g/mol. The monoisotopic (exact) mass is 424 g/mol. The van der Waals surface area contributed by atoms with Crippen LogP contribution in [-0.2, 0) is 6.61 Å². The van der Waals surface area contributed by atoms with Gasteiger partial charge in [-0.15, -0.1) is 11.3 Å². The van der Waals surface area contributed by atoms with E-state index < -0.39 is 0 Å². The first-order valence-electron chi connectivity index (χ1n) is 9.75. The van der Waals surface area contributed by atoms with Gasteiger partial charge in [0.15, 0.2) is 0 Å². The van der Waals surface area contributed by atoms with Crippen molar-refractivity contribution in [2.45, 2.75) is 13.5 Å². The molecule has 0 unspecified atom stereocenters. The molecule has 1 amide bonds. The van der Waals surface area contributed by atoms with Gasteiger partial charge in [-0.2, -0.15) is 0 Å². The van der Waals surface area contributed by atoms with Crippen molar-refractivity contribution in [3.8, 4) is 16.2 Å². The number of rotatable bonds is 2. The maximum absolute atomic E-state index is 13.1. The van der Waals surface area contributed by atoms with Gasteiger partial charge in [0.2, 0.25) is 0 Å². The van der Waals surface area contributed by atoms with E-state index in [9.17, 15) is 4.79 Å². The normalized spacial score (nSPS) is 15.5. The lowest BCUT2D eigenvalue weighted by Gasteiger charge is -2.36. The van der Waals surface area contributed by atoms with E-state index in [1.165, 1.54) is 5.56 Å². The third-order valence-corrected chi connectivity index (χ3v) is 7.05. The molecule has 0 aliphatic carbocycles. The summed E-state index contributed by atoms with van der Waals surface area (Å²) in [6.07, 6.45) is 0. The van der Waals surface area contributed by atoms with Gasteiger partial charge in [0.25, 0.3) is 5.91 Å². The molecule has 0 atom stereocenters. The molecule has 6 heteroatoms. The van der Waals surface area contributed by atoms with Gasteiger partial charge in [-0.3, -0.25) is 4.79 Å². The van der Waals surface area contributed by atoms with Crippen LogP contribution in [0.4, 0.5) is 5.69 Å². The third kappa shape index (κ3) is 3.38. The van der Waals surface area contributed by atoms with Crippen molar-refractivity contribution in [2.24, 2.45) is 0 Å². The number of para-hydroxylation sites is 1. The zero-order chi connectivity index (χ0) is 20.0. The second-order valence-electron chi connectivity index (χ2n) is 7.46. The van der Waals surface area contributed by atoms with Gasteiger partial charge < -0.3 is 14.5 Å². The molecule has 2 aliphatic heterocycles. The fourth-order valence-electron chi connectivity index (χ4n) is 4.03. The lowest BCUT2D eigenvalue weighted by atomic mass is 10.1. The Bertz CT molecular complexity index is 1090. The van der Waals surface area contributed by atoms with E-state index in [0.29, 0.717) is 19.7 Å². The van der Waals surface area contributed by atoms with Crippen LogP contribution >= 0.6 is 22.9 Å². The summed E-state index contributed by atoms with van der Waals surface area (Å²) in [6, 6.07) is 16.0. The minimum Gasteiger partial charge on any atom is -0.488 e. The van der Waals surface area contributed by atoms with Crippen molar-refractivity contribution in [1.29, 1.82) is 0 Å². The van der Waals surface area contributed by atoms with Crippen LogP contribution in [0.1, 0.15) is 20.8 Å². The van der Waals surface area contributed by atoms with Crippen LogP contribution in [0, 0.1) is 6.92 Å². The number of fused-ring (bicyclic) bond motifs is 3. The molecule has 1 fully saturated rings. The highest BCUT2D eigenvalue weighted by molar-refractivity contribution is 7.17. The Morgan fingerprint density at radius 2 is 1.86 bits per heavy atom. The van der Waals surface area contributed by atoms with E-state index in [2.05, 4.69) is 17.9 Å². The Balaban J connectivity index is 1.32. The number of ether oxygens (including phenoxy) is 1. The molecule has 0 spiro atoms. The van der Waals surface area contributed by atoms with Gasteiger partial charge in [0.1, 0.15) is 12.4 Å². The van der Waals surface area contributed by atoms with Crippen LogP contribution in [0.5, 0.6) is 5.75 Å². The van der Waals surface area contributed by atoms with E-state index in [0.717, 1.165) is 50.4 Å². The number of thiophene rings is 1. The lowest BCUT2D eigenvalue weighted by Crippen LogP contribution is -2.48. The fraction of sp³-hybridized carbons (Fsp3) is 0.261. The number of amides is 1. The quantitative estimate of drug-likeness (QED) is 0.564. The van der Waals surface area contributed by atoms with E-state index in [1.807, 2.05) is 47.4 Å². The molecular formula is C23H21ClN2O2S. The second kappa shape index (κ2) is 7.39. The average molecular weight is 425 g/mol. The molecule has 5 rings (SSSR count). The zero-order valence-electron chi connectivity index (χ0n) is 16.2. The first-order valence-corrected chi connectivity index (χ1v) is 10.9. The molecule has 148 valence electrons. The Morgan fingerprint density at radius 3 is 2.69 bits per heavy atom. The van der Waals surface area contributed by atoms with E-state index in [1.54, 1.807) is 11.3 Å². The first kappa shape index (κ1) is 18.5. The van der Waals surface area contributed by atoms with Crippen molar-refractivity contribution in [1.82, 2.24) is 4.90 Å². The van der Waals surface area contributed by atoms with Crippen molar-refractivity contribution >= 4 is 34.5 Å². The molecule has 29 heavy (non-hydrogen) atoms. The Kier molecular flexibility index (Phi) is 4.72. The summed E-state index contributed by atoms with van der Waals surface area (Å²) in [6.45, 7) is 5.66. The third-order valence-electron chi connectivity index (χ3n) is 5.61. The van der Waals surface area contributed by atoms with Crippen LogP contribution in [-0.4, -0.2) is 37.0 Å². The second-order valence-corrected chi connectivity index (χ2v) is 8.95. The number of aryl methyl sites for hydroxylation is 1. The fourth-order valence-corrected chi connectivity index (χ4v) is 5.37. The van der Waals surface area contributed by atoms with Gasteiger partial charge in [-0.05, 0) is 42.8 Å². The van der Waals surface area contributed by atoms with Crippen molar-refractivity contribution in [2.75, 3.05) is 31.1 Å². The number of piperazine rings is 1. The maximum atomic E-state index is 13.1. The summed E-state index contributed by atoms with van der Waals surface area (Å²) in [4.78, 5) is 19.4. The number of anilines is 1. The van der Waals surface area contributed by atoms with E-state index in [-0.39, 0.29) is 5.91 Å². The summed E-state index contributed by atoms with van der Waals surface area (Å²) in [5.74, 6) is 1.01. The van der Waals surface area contributed by atoms with Crippen LogP contribution in [0.15, 0.2) is 48.5 Å². The smallest absolute Gasteiger partial charge is 0.264 e.